The van der Waals surface area contributed by atoms with E-state index in [1.54, 1.807) is 0 Å². The third-order valence-electron chi connectivity index (χ3n) is 5.44. The zero-order chi connectivity index (χ0) is 19.1. The third kappa shape index (κ3) is 6.07. The minimum Gasteiger partial charge on any atom is -0.378 e. The molecule has 0 radical (unpaired) electrons. The second-order valence-corrected chi connectivity index (χ2v) is 7.23. The average molecular weight is 500 g/mol. The Bertz CT molecular complexity index is 660. The van der Waals surface area contributed by atoms with Gasteiger partial charge in [-0.1, -0.05) is 24.3 Å². The minimum absolute atomic E-state index is 0. The first-order valence-corrected chi connectivity index (χ1v) is 10.1. The predicted molar refractivity (Wildman–Crippen MR) is 123 cm³/mol. The fourth-order valence-electron chi connectivity index (χ4n) is 3.94. The molecule has 1 N–H and O–H groups in total. The van der Waals surface area contributed by atoms with Gasteiger partial charge in [-0.15, -0.1) is 24.0 Å². The third-order valence-corrected chi connectivity index (χ3v) is 5.44. The topological polar surface area (TPSA) is 57.2 Å². The lowest BCUT2D eigenvalue weighted by Gasteiger charge is -2.34. The summed E-state index contributed by atoms with van der Waals surface area (Å²) < 4.78 is 5.74. The van der Waals surface area contributed by atoms with Crippen molar-refractivity contribution in [3.63, 3.8) is 0 Å². The lowest BCUT2D eigenvalue weighted by Crippen LogP contribution is -2.46. The Kier molecular flexibility index (Phi) is 9.50. The molecule has 1 aromatic carbocycles. The summed E-state index contributed by atoms with van der Waals surface area (Å²) in [6, 6.07) is 8.37. The first kappa shape index (κ1) is 22.9. The zero-order valence-electron chi connectivity index (χ0n) is 17.0. The fourth-order valence-corrected chi connectivity index (χ4v) is 3.94. The molecular formula is C21H33IN4O2. The molecule has 0 aliphatic carbocycles. The zero-order valence-corrected chi connectivity index (χ0v) is 19.4. The van der Waals surface area contributed by atoms with E-state index >= 15 is 0 Å². The molecular weight excluding hydrogens is 467 g/mol. The van der Waals surface area contributed by atoms with Gasteiger partial charge in [0.1, 0.15) is 0 Å². The molecule has 0 aromatic heterocycles. The first-order chi connectivity index (χ1) is 13.2. The number of piperidine rings is 1. The summed E-state index contributed by atoms with van der Waals surface area (Å²) >= 11 is 0. The Labute approximate surface area is 185 Å². The Hall–Kier alpha value is -1.35. The largest absolute Gasteiger partial charge is 0.378 e. The standard InChI is InChI=1S/C21H32N4O2.HI/c1-3-27-19-10-13-24(14-11-19)21(22-2)23-15-17-7-4-5-8-18(17)16-25-12-6-9-20(25)26;/h4-5,7-8,19H,3,6,9-16H2,1-2H3,(H,22,23);1H. The molecule has 6 nitrogen and oxygen atoms in total. The van der Waals surface area contributed by atoms with Gasteiger partial charge in [-0.05, 0) is 37.3 Å². The number of nitrogens with one attached hydrogen (secondary N) is 1. The summed E-state index contributed by atoms with van der Waals surface area (Å²) in [5, 5.41) is 3.51. The monoisotopic (exact) mass is 500 g/mol. The van der Waals surface area contributed by atoms with Crippen LogP contribution in [0.15, 0.2) is 29.3 Å². The maximum atomic E-state index is 12.0. The van der Waals surface area contributed by atoms with Gasteiger partial charge >= 0.3 is 0 Å². The van der Waals surface area contributed by atoms with E-state index in [9.17, 15) is 4.79 Å². The van der Waals surface area contributed by atoms with Crippen LogP contribution in [0.25, 0.3) is 0 Å². The van der Waals surface area contributed by atoms with Crippen LogP contribution in [0.5, 0.6) is 0 Å². The molecule has 2 saturated heterocycles. The van der Waals surface area contributed by atoms with Gasteiger partial charge < -0.3 is 19.9 Å². The molecule has 1 aromatic rings. The number of carbonyl (C=O) groups excluding carboxylic acids is 1. The number of ether oxygens (including phenoxy) is 1. The SMILES string of the molecule is CCOC1CCN(C(=NC)NCc2ccccc2CN2CCCC2=O)CC1.I. The fraction of sp³-hybridized carbons (Fsp3) is 0.619. The van der Waals surface area contributed by atoms with Crippen LogP contribution >= 0.6 is 24.0 Å². The van der Waals surface area contributed by atoms with E-state index in [-0.39, 0.29) is 29.9 Å². The predicted octanol–water partition coefficient (Wildman–Crippen LogP) is 3.00. The van der Waals surface area contributed by atoms with Crippen molar-refractivity contribution < 1.29 is 9.53 Å². The van der Waals surface area contributed by atoms with Gasteiger partial charge in [0, 0.05) is 52.8 Å². The number of likely N-dealkylation sites (tertiary alicyclic amines) is 2. The number of aliphatic imine (C=N–C) groups is 1. The number of benzene rings is 1. The van der Waals surface area contributed by atoms with Crippen molar-refractivity contribution in [3.8, 4) is 0 Å². The lowest BCUT2D eigenvalue weighted by molar-refractivity contribution is -0.128. The molecule has 2 heterocycles. The molecule has 0 saturated carbocycles. The van der Waals surface area contributed by atoms with Crippen LogP contribution in [0.3, 0.4) is 0 Å². The van der Waals surface area contributed by atoms with E-state index in [1.807, 2.05) is 18.0 Å². The van der Waals surface area contributed by atoms with E-state index in [4.69, 9.17) is 4.74 Å². The maximum Gasteiger partial charge on any atom is 0.222 e. The first-order valence-electron chi connectivity index (χ1n) is 10.1. The van der Waals surface area contributed by atoms with Crippen molar-refractivity contribution in [2.24, 2.45) is 4.99 Å². The molecule has 0 bridgehead atoms. The quantitative estimate of drug-likeness (QED) is 0.371. The van der Waals surface area contributed by atoms with Gasteiger partial charge in [-0.25, -0.2) is 0 Å². The minimum atomic E-state index is 0. The molecule has 7 heteroatoms. The van der Waals surface area contributed by atoms with Gasteiger partial charge in [0.15, 0.2) is 5.96 Å². The highest BCUT2D eigenvalue weighted by Gasteiger charge is 2.23. The Morgan fingerprint density at radius 2 is 1.93 bits per heavy atom. The van der Waals surface area contributed by atoms with Crippen LogP contribution in [0.1, 0.15) is 43.7 Å². The smallest absolute Gasteiger partial charge is 0.222 e. The highest BCUT2D eigenvalue weighted by molar-refractivity contribution is 14.0. The second kappa shape index (κ2) is 11.6. The van der Waals surface area contributed by atoms with Crippen molar-refractivity contribution in [1.82, 2.24) is 15.1 Å². The number of carbonyl (C=O) groups is 1. The van der Waals surface area contributed by atoms with E-state index in [1.165, 1.54) is 11.1 Å². The Morgan fingerprint density at radius 1 is 1.21 bits per heavy atom. The van der Waals surface area contributed by atoms with E-state index in [0.717, 1.165) is 58.0 Å². The molecule has 1 amide bonds. The summed E-state index contributed by atoms with van der Waals surface area (Å²) in [7, 11) is 1.84. The molecule has 0 spiro atoms. The number of nitrogens with zero attached hydrogens (tertiary/aromatic N) is 3. The molecule has 156 valence electrons. The molecule has 28 heavy (non-hydrogen) atoms. The van der Waals surface area contributed by atoms with Crippen molar-refractivity contribution in [3.05, 3.63) is 35.4 Å². The number of rotatable bonds is 6. The number of amides is 1. The summed E-state index contributed by atoms with van der Waals surface area (Å²) in [6.07, 6.45) is 4.13. The van der Waals surface area contributed by atoms with Crippen molar-refractivity contribution in [2.75, 3.05) is 33.3 Å². The lowest BCUT2D eigenvalue weighted by atomic mass is 10.1. The number of hydrogen-bond acceptors (Lipinski definition) is 3. The van der Waals surface area contributed by atoms with Gasteiger partial charge in [0.25, 0.3) is 0 Å². The number of guanidine groups is 1. The van der Waals surface area contributed by atoms with Crippen LogP contribution < -0.4 is 5.32 Å². The van der Waals surface area contributed by atoms with Crippen molar-refractivity contribution in [1.29, 1.82) is 0 Å². The second-order valence-electron chi connectivity index (χ2n) is 7.23. The molecule has 2 fully saturated rings. The molecule has 3 rings (SSSR count). The maximum absolute atomic E-state index is 12.0. The molecule has 2 aliphatic heterocycles. The summed E-state index contributed by atoms with van der Waals surface area (Å²) in [4.78, 5) is 20.7. The van der Waals surface area contributed by atoms with E-state index in [0.29, 0.717) is 19.1 Å². The summed E-state index contributed by atoms with van der Waals surface area (Å²) in [5.74, 6) is 1.21. The van der Waals surface area contributed by atoms with Crippen LogP contribution in [0.4, 0.5) is 0 Å². The Balaban J connectivity index is 0.00000280. The van der Waals surface area contributed by atoms with Gasteiger partial charge in [-0.3, -0.25) is 9.79 Å². The van der Waals surface area contributed by atoms with Crippen LogP contribution in [-0.2, 0) is 22.6 Å². The van der Waals surface area contributed by atoms with Crippen LogP contribution in [-0.4, -0.2) is 61.1 Å². The Morgan fingerprint density at radius 3 is 2.54 bits per heavy atom. The number of hydrogen-bond donors (Lipinski definition) is 1. The van der Waals surface area contributed by atoms with E-state index < -0.39 is 0 Å². The highest BCUT2D eigenvalue weighted by Crippen LogP contribution is 2.18. The highest BCUT2D eigenvalue weighted by atomic mass is 127. The van der Waals surface area contributed by atoms with Gasteiger partial charge in [0.2, 0.25) is 5.91 Å². The molecule has 2 aliphatic rings. The summed E-state index contributed by atoms with van der Waals surface area (Å²) in [5.41, 5.74) is 2.44. The summed E-state index contributed by atoms with van der Waals surface area (Å²) in [6.45, 7) is 7.07. The molecule has 0 unspecified atom stereocenters. The van der Waals surface area contributed by atoms with Crippen LogP contribution in [0, 0.1) is 0 Å². The van der Waals surface area contributed by atoms with Crippen molar-refractivity contribution >= 4 is 35.8 Å². The van der Waals surface area contributed by atoms with Crippen molar-refractivity contribution in [2.45, 2.75) is 51.8 Å². The van der Waals surface area contributed by atoms with Gasteiger partial charge in [-0.2, -0.15) is 0 Å². The van der Waals surface area contributed by atoms with Crippen LogP contribution in [0.2, 0.25) is 0 Å². The normalized spacial score (nSPS) is 18.4. The molecule has 0 atom stereocenters. The van der Waals surface area contributed by atoms with Gasteiger partial charge in [0.05, 0.1) is 6.10 Å². The number of halogens is 1. The average Bonchev–Trinajstić information content (AvgIpc) is 3.09. The van der Waals surface area contributed by atoms with E-state index in [2.05, 4.69) is 40.3 Å².